The third kappa shape index (κ3) is 3.95. The summed E-state index contributed by atoms with van der Waals surface area (Å²) >= 11 is 1.63. The molecule has 2 aromatic rings. The minimum absolute atomic E-state index is 0.227. The van der Waals surface area contributed by atoms with E-state index in [2.05, 4.69) is 15.6 Å². The number of aromatic nitrogens is 1. The summed E-state index contributed by atoms with van der Waals surface area (Å²) in [4.78, 5) is 27.2. The van der Waals surface area contributed by atoms with E-state index in [0.717, 1.165) is 16.7 Å². The monoisotopic (exact) mass is 303 g/mol. The van der Waals surface area contributed by atoms with Crippen molar-refractivity contribution in [1.29, 1.82) is 0 Å². The lowest BCUT2D eigenvalue weighted by molar-refractivity contribution is -0.121. The molecule has 1 heterocycles. The summed E-state index contributed by atoms with van der Waals surface area (Å²) in [5.41, 5.74) is 1.39. The molecule has 5 nitrogen and oxygen atoms in total. The number of carbonyl (C=O) groups is 2. The normalized spacial score (nSPS) is 11.9. The number of pyridine rings is 1. The van der Waals surface area contributed by atoms with Gasteiger partial charge in [-0.15, -0.1) is 0 Å². The Bertz CT molecular complexity index is 628. The van der Waals surface area contributed by atoms with Crippen LogP contribution in [0, 0.1) is 0 Å². The molecule has 0 aliphatic rings. The first kappa shape index (κ1) is 15.3. The summed E-state index contributed by atoms with van der Waals surface area (Å²) in [6.07, 6.45) is 4.80. The Morgan fingerprint density at radius 2 is 2.19 bits per heavy atom. The topological polar surface area (TPSA) is 71.1 Å². The average Bonchev–Trinajstić information content (AvgIpc) is 2.51. The van der Waals surface area contributed by atoms with E-state index in [9.17, 15) is 9.59 Å². The smallest absolute Gasteiger partial charge is 0.247 e. The Balaban J connectivity index is 2.17. The summed E-state index contributed by atoms with van der Waals surface area (Å²) < 4.78 is 0. The molecule has 0 radical (unpaired) electrons. The second kappa shape index (κ2) is 7.64. The fourth-order valence-corrected chi connectivity index (χ4v) is 2.50. The van der Waals surface area contributed by atoms with E-state index in [1.165, 1.54) is 0 Å². The van der Waals surface area contributed by atoms with Crippen LogP contribution in [0.25, 0.3) is 10.9 Å². The maximum absolute atomic E-state index is 12.3. The molecule has 1 aromatic carbocycles. The molecule has 6 heteroatoms. The van der Waals surface area contributed by atoms with Crippen LogP contribution in [-0.4, -0.2) is 35.4 Å². The van der Waals surface area contributed by atoms with Gasteiger partial charge in [0.15, 0.2) is 0 Å². The Morgan fingerprint density at radius 3 is 2.95 bits per heavy atom. The van der Waals surface area contributed by atoms with Gasteiger partial charge >= 0.3 is 0 Å². The fourth-order valence-electron chi connectivity index (χ4n) is 2.03. The highest BCUT2D eigenvalue weighted by Gasteiger charge is 2.18. The molecule has 2 rings (SSSR count). The van der Waals surface area contributed by atoms with Gasteiger partial charge in [-0.1, -0.05) is 18.2 Å². The largest absolute Gasteiger partial charge is 0.347 e. The van der Waals surface area contributed by atoms with Crippen LogP contribution in [0.1, 0.15) is 6.42 Å². The number of thioether (sulfide) groups is 1. The third-order valence-corrected chi connectivity index (χ3v) is 3.73. The highest BCUT2D eigenvalue weighted by Crippen LogP contribution is 2.20. The molecule has 0 saturated carbocycles. The molecule has 1 atom stereocenters. The van der Waals surface area contributed by atoms with Crippen molar-refractivity contribution in [1.82, 2.24) is 10.3 Å². The van der Waals surface area contributed by atoms with Crippen LogP contribution >= 0.6 is 11.8 Å². The van der Waals surface area contributed by atoms with Gasteiger partial charge in [0.05, 0.1) is 11.2 Å². The minimum Gasteiger partial charge on any atom is -0.347 e. The molecule has 1 unspecified atom stereocenters. The van der Waals surface area contributed by atoms with Crippen LogP contribution in [0.5, 0.6) is 0 Å². The molecule has 0 bridgehead atoms. The highest BCUT2D eigenvalue weighted by molar-refractivity contribution is 7.98. The number of para-hydroxylation sites is 1. The SMILES string of the molecule is CSCCC(NC=O)C(=O)Nc1cccc2cccnc12. The number of hydrogen-bond donors (Lipinski definition) is 2. The predicted octanol–water partition coefficient (Wildman–Crippen LogP) is 2.04. The quantitative estimate of drug-likeness (QED) is 0.768. The van der Waals surface area contributed by atoms with Crippen molar-refractivity contribution in [3.05, 3.63) is 36.5 Å². The molecular weight excluding hydrogens is 286 g/mol. The van der Waals surface area contributed by atoms with Gasteiger partial charge in [-0.3, -0.25) is 14.6 Å². The molecule has 2 N–H and O–H groups in total. The second-order valence-corrected chi connectivity index (χ2v) is 5.47. The number of benzene rings is 1. The van der Waals surface area contributed by atoms with Crippen LogP contribution in [0.2, 0.25) is 0 Å². The lowest BCUT2D eigenvalue weighted by atomic mass is 10.1. The zero-order chi connectivity index (χ0) is 15.1. The Kier molecular flexibility index (Phi) is 5.57. The molecule has 0 aliphatic carbocycles. The molecule has 1 aromatic heterocycles. The summed E-state index contributed by atoms with van der Waals surface area (Å²) in [7, 11) is 0. The fraction of sp³-hybridized carbons (Fsp3) is 0.267. The molecule has 21 heavy (non-hydrogen) atoms. The molecule has 0 spiro atoms. The first-order valence-corrected chi connectivity index (χ1v) is 7.99. The van der Waals surface area contributed by atoms with Crippen LogP contribution in [0.4, 0.5) is 5.69 Å². The number of carbonyl (C=O) groups excluding carboxylic acids is 2. The van der Waals surface area contributed by atoms with E-state index in [4.69, 9.17) is 0 Å². The van der Waals surface area contributed by atoms with E-state index in [-0.39, 0.29) is 5.91 Å². The number of hydrogen-bond acceptors (Lipinski definition) is 4. The van der Waals surface area contributed by atoms with Crippen LogP contribution < -0.4 is 10.6 Å². The zero-order valence-electron chi connectivity index (χ0n) is 11.7. The van der Waals surface area contributed by atoms with Gasteiger partial charge in [0, 0.05) is 11.6 Å². The van der Waals surface area contributed by atoms with Crippen molar-refractivity contribution in [3.63, 3.8) is 0 Å². The highest BCUT2D eigenvalue weighted by atomic mass is 32.2. The first-order valence-electron chi connectivity index (χ1n) is 6.59. The number of nitrogens with zero attached hydrogens (tertiary/aromatic N) is 1. The van der Waals surface area contributed by atoms with E-state index in [1.54, 1.807) is 24.0 Å². The van der Waals surface area contributed by atoms with Crippen molar-refractivity contribution in [2.75, 3.05) is 17.3 Å². The van der Waals surface area contributed by atoms with E-state index in [1.807, 2.05) is 30.5 Å². The lowest BCUT2D eigenvalue weighted by Gasteiger charge is -2.16. The van der Waals surface area contributed by atoms with Crippen LogP contribution in [-0.2, 0) is 9.59 Å². The van der Waals surface area contributed by atoms with Gasteiger partial charge in [0.2, 0.25) is 12.3 Å². The van der Waals surface area contributed by atoms with Crippen molar-refractivity contribution in [2.45, 2.75) is 12.5 Å². The standard InChI is InChI=1S/C15H17N3O2S/c1-21-9-7-13(17-10-19)15(20)18-12-6-2-4-11-5-3-8-16-14(11)12/h2-6,8,10,13H,7,9H2,1H3,(H,17,19)(H,18,20). The summed E-state index contributed by atoms with van der Waals surface area (Å²) in [6, 6.07) is 8.86. The summed E-state index contributed by atoms with van der Waals surface area (Å²) in [6.45, 7) is 0. The van der Waals surface area contributed by atoms with Crippen molar-refractivity contribution in [3.8, 4) is 0 Å². The van der Waals surface area contributed by atoms with Gasteiger partial charge in [0.25, 0.3) is 0 Å². The zero-order valence-corrected chi connectivity index (χ0v) is 12.5. The molecule has 0 fully saturated rings. The van der Waals surface area contributed by atoms with Crippen molar-refractivity contribution in [2.24, 2.45) is 0 Å². The van der Waals surface area contributed by atoms with Gasteiger partial charge in [-0.25, -0.2) is 0 Å². The van der Waals surface area contributed by atoms with Gasteiger partial charge in [-0.2, -0.15) is 11.8 Å². The number of anilines is 1. The van der Waals surface area contributed by atoms with Crippen molar-refractivity contribution >= 4 is 40.7 Å². The van der Waals surface area contributed by atoms with Crippen LogP contribution in [0.3, 0.4) is 0 Å². The van der Waals surface area contributed by atoms with Gasteiger partial charge in [0.1, 0.15) is 6.04 Å². The number of amides is 2. The maximum atomic E-state index is 12.3. The van der Waals surface area contributed by atoms with E-state index < -0.39 is 6.04 Å². The third-order valence-electron chi connectivity index (χ3n) is 3.09. The molecular formula is C15H17N3O2S. The molecule has 0 aliphatic heterocycles. The predicted molar refractivity (Wildman–Crippen MR) is 86.4 cm³/mol. The Labute approximate surface area is 127 Å². The molecule has 2 amide bonds. The lowest BCUT2D eigenvalue weighted by Crippen LogP contribution is -2.40. The van der Waals surface area contributed by atoms with E-state index >= 15 is 0 Å². The van der Waals surface area contributed by atoms with Gasteiger partial charge < -0.3 is 10.6 Å². The van der Waals surface area contributed by atoms with Crippen LogP contribution in [0.15, 0.2) is 36.5 Å². The summed E-state index contributed by atoms with van der Waals surface area (Å²) in [5, 5.41) is 6.36. The Hall–Kier alpha value is -2.08. The second-order valence-electron chi connectivity index (χ2n) is 4.49. The molecule has 110 valence electrons. The van der Waals surface area contributed by atoms with Gasteiger partial charge in [-0.05, 0) is 30.6 Å². The van der Waals surface area contributed by atoms with Crippen molar-refractivity contribution < 1.29 is 9.59 Å². The van der Waals surface area contributed by atoms with E-state index in [0.29, 0.717) is 18.5 Å². The first-order chi connectivity index (χ1) is 10.3. The maximum Gasteiger partial charge on any atom is 0.247 e. The number of fused-ring (bicyclic) bond motifs is 1. The average molecular weight is 303 g/mol. The number of rotatable bonds is 7. The summed E-state index contributed by atoms with van der Waals surface area (Å²) in [5.74, 6) is 0.571. The Morgan fingerprint density at radius 1 is 1.38 bits per heavy atom. The number of nitrogens with one attached hydrogen (secondary N) is 2. The molecule has 0 saturated heterocycles. The minimum atomic E-state index is -0.533.